The SMILES string of the molecule is O=S(=O)(CCc1ccccc1)NCCc1csc(N2CCCCC2)n1. The zero-order valence-electron chi connectivity index (χ0n) is 14.4. The fourth-order valence-electron chi connectivity index (χ4n) is 2.95. The molecule has 1 aliphatic rings. The lowest BCUT2D eigenvalue weighted by molar-refractivity contribution is 0.575. The highest BCUT2D eigenvalue weighted by atomic mass is 32.2. The molecule has 0 bridgehead atoms. The van der Waals surface area contributed by atoms with E-state index in [0.29, 0.717) is 19.4 Å². The number of aryl methyl sites for hydroxylation is 1. The van der Waals surface area contributed by atoms with Crippen LogP contribution in [0.15, 0.2) is 35.7 Å². The minimum Gasteiger partial charge on any atom is -0.348 e. The van der Waals surface area contributed by atoms with Crippen molar-refractivity contribution in [2.75, 3.05) is 30.3 Å². The Bertz CT molecular complexity index is 754. The highest BCUT2D eigenvalue weighted by Crippen LogP contribution is 2.24. The van der Waals surface area contributed by atoms with Crippen molar-refractivity contribution in [2.45, 2.75) is 32.1 Å². The monoisotopic (exact) mass is 379 g/mol. The lowest BCUT2D eigenvalue weighted by atomic mass is 10.1. The molecule has 1 aromatic carbocycles. The number of thiazole rings is 1. The topological polar surface area (TPSA) is 62.3 Å². The molecule has 0 unspecified atom stereocenters. The number of nitrogens with zero attached hydrogens (tertiary/aromatic N) is 2. The minimum atomic E-state index is -3.25. The number of hydrogen-bond donors (Lipinski definition) is 1. The maximum absolute atomic E-state index is 12.1. The van der Waals surface area contributed by atoms with E-state index in [0.717, 1.165) is 29.5 Å². The standard InChI is InChI=1S/C18H25N3O2S2/c22-25(23,14-10-16-7-3-1-4-8-16)19-11-9-17-15-24-18(20-17)21-12-5-2-6-13-21/h1,3-4,7-8,15,19H,2,5-6,9-14H2. The molecule has 7 heteroatoms. The van der Waals surface area contributed by atoms with Gasteiger partial charge in [0.1, 0.15) is 0 Å². The van der Waals surface area contributed by atoms with Crippen LogP contribution in [0.25, 0.3) is 0 Å². The first kappa shape index (κ1) is 18.4. The van der Waals surface area contributed by atoms with Gasteiger partial charge < -0.3 is 4.90 Å². The minimum absolute atomic E-state index is 0.118. The van der Waals surface area contributed by atoms with Gasteiger partial charge in [-0.3, -0.25) is 0 Å². The number of rotatable bonds is 8. The van der Waals surface area contributed by atoms with Gasteiger partial charge in [-0.15, -0.1) is 11.3 Å². The van der Waals surface area contributed by atoms with E-state index in [2.05, 4.69) is 14.6 Å². The summed E-state index contributed by atoms with van der Waals surface area (Å²) >= 11 is 1.66. The van der Waals surface area contributed by atoms with Crippen LogP contribution < -0.4 is 9.62 Å². The van der Waals surface area contributed by atoms with Crippen LogP contribution in [-0.2, 0) is 22.9 Å². The number of sulfonamides is 1. The molecule has 1 saturated heterocycles. The van der Waals surface area contributed by atoms with Gasteiger partial charge in [-0.25, -0.2) is 18.1 Å². The summed E-state index contributed by atoms with van der Waals surface area (Å²) < 4.78 is 26.9. The van der Waals surface area contributed by atoms with E-state index >= 15 is 0 Å². The fraction of sp³-hybridized carbons (Fsp3) is 0.500. The Balaban J connectivity index is 1.43. The van der Waals surface area contributed by atoms with E-state index in [9.17, 15) is 8.42 Å². The van der Waals surface area contributed by atoms with Crippen molar-refractivity contribution >= 4 is 26.5 Å². The zero-order chi connectivity index (χ0) is 17.5. The number of aromatic nitrogens is 1. The van der Waals surface area contributed by atoms with Gasteiger partial charge in [0.2, 0.25) is 10.0 Å². The highest BCUT2D eigenvalue weighted by molar-refractivity contribution is 7.89. The lowest BCUT2D eigenvalue weighted by Gasteiger charge is -2.25. The van der Waals surface area contributed by atoms with Crippen molar-refractivity contribution in [1.82, 2.24) is 9.71 Å². The van der Waals surface area contributed by atoms with Crippen LogP contribution in [0.1, 0.15) is 30.5 Å². The van der Waals surface area contributed by atoms with Crippen molar-refractivity contribution < 1.29 is 8.42 Å². The van der Waals surface area contributed by atoms with Gasteiger partial charge in [0, 0.05) is 31.4 Å². The predicted octanol–water partition coefficient (Wildman–Crippen LogP) is 2.84. The molecule has 0 radical (unpaired) electrons. The predicted molar refractivity (Wildman–Crippen MR) is 104 cm³/mol. The molecule has 2 aromatic rings. The van der Waals surface area contributed by atoms with E-state index in [1.807, 2.05) is 35.7 Å². The van der Waals surface area contributed by atoms with Gasteiger partial charge in [-0.1, -0.05) is 30.3 Å². The summed E-state index contributed by atoms with van der Waals surface area (Å²) in [6.45, 7) is 2.57. The second-order valence-corrected chi connectivity index (χ2v) is 9.13. The summed E-state index contributed by atoms with van der Waals surface area (Å²) in [5.41, 5.74) is 2.01. The maximum Gasteiger partial charge on any atom is 0.211 e. The number of hydrogen-bond acceptors (Lipinski definition) is 5. The molecule has 25 heavy (non-hydrogen) atoms. The van der Waals surface area contributed by atoms with Crippen LogP contribution in [0.3, 0.4) is 0 Å². The molecule has 3 rings (SSSR count). The van der Waals surface area contributed by atoms with E-state index in [4.69, 9.17) is 0 Å². The Morgan fingerprint density at radius 1 is 1.08 bits per heavy atom. The largest absolute Gasteiger partial charge is 0.348 e. The van der Waals surface area contributed by atoms with E-state index in [-0.39, 0.29) is 5.75 Å². The quantitative estimate of drug-likeness (QED) is 0.766. The second-order valence-electron chi connectivity index (χ2n) is 6.37. The van der Waals surface area contributed by atoms with Crippen LogP contribution in [0.5, 0.6) is 0 Å². The Morgan fingerprint density at radius 2 is 1.84 bits per heavy atom. The molecule has 0 amide bonds. The fourth-order valence-corrected chi connectivity index (χ4v) is 4.92. The molecule has 0 aliphatic carbocycles. The molecule has 136 valence electrons. The molecule has 0 atom stereocenters. The summed E-state index contributed by atoms with van der Waals surface area (Å²) in [4.78, 5) is 6.99. The van der Waals surface area contributed by atoms with Crippen LogP contribution in [0, 0.1) is 0 Å². The Morgan fingerprint density at radius 3 is 2.60 bits per heavy atom. The molecule has 1 N–H and O–H groups in total. The lowest BCUT2D eigenvalue weighted by Crippen LogP contribution is -2.30. The van der Waals surface area contributed by atoms with Crippen molar-refractivity contribution in [2.24, 2.45) is 0 Å². The first-order valence-electron chi connectivity index (χ1n) is 8.83. The third-order valence-corrected chi connectivity index (χ3v) is 6.71. The van der Waals surface area contributed by atoms with Gasteiger partial charge in [0.05, 0.1) is 11.4 Å². The van der Waals surface area contributed by atoms with E-state index < -0.39 is 10.0 Å². The smallest absolute Gasteiger partial charge is 0.211 e. The van der Waals surface area contributed by atoms with Gasteiger partial charge in [-0.05, 0) is 31.2 Å². The molecule has 2 heterocycles. The van der Waals surface area contributed by atoms with E-state index in [1.54, 1.807) is 11.3 Å². The van der Waals surface area contributed by atoms with Crippen LogP contribution >= 0.6 is 11.3 Å². The molecule has 0 spiro atoms. The maximum atomic E-state index is 12.1. The summed E-state index contributed by atoms with van der Waals surface area (Å²) in [7, 11) is -3.25. The normalized spacial score (nSPS) is 15.4. The molecule has 1 fully saturated rings. The third kappa shape index (κ3) is 5.80. The molecular formula is C18H25N3O2S2. The van der Waals surface area contributed by atoms with Gasteiger partial charge in [0.15, 0.2) is 5.13 Å². The molecule has 1 aliphatic heterocycles. The molecule has 5 nitrogen and oxygen atoms in total. The Labute approximate surface area is 154 Å². The molecular weight excluding hydrogens is 354 g/mol. The molecule has 1 aromatic heterocycles. The van der Waals surface area contributed by atoms with Gasteiger partial charge in [-0.2, -0.15) is 0 Å². The Kier molecular flexibility index (Phi) is 6.45. The summed E-state index contributed by atoms with van der Waals surface area (Å²) in [5.74, 6) is 0.118. The number of anilines is 1. The van der Waals surface area contributed by atoms with Crippen molar-refractivity contribution in [3.05, 3.63) is 47.0 Å². The van der Waals surface area contributed by atoms with Gasteiger partial charge >= 0.3 is 0 Å². The van der Waals surface area contributed by atoms with Crippen molar-refractivity contribution in [1.29, 1.82) is 0 Å². The van der Waals surface area contributed by atoms with E-state index in [1.165, 1.54) is 19.3 Å². The van der Waals surface area contributed by atoms with Gasteiger partial charge in [0.25, 0.3) is 0 Å². The summed E-state index contributed by atoms with van der Waals surface area (Å²) in [6.07, 6.45) is 4.94. The summed E-state index contributed by atoms with van der Waals surface area (Å²) in [6, 6.07) is 9.69. The third-order valence-electron chi connectivity index (χ3n) is 4.37. The van der Waals surface area contributed by atoms with Crippen LogP contribution in [-0.4, -0.2) is 38.8 Å². The number of nitrogens with one attached hydrogen (secondary N) is 1. The first-order valence-corrected chi connectivity index (χ1v) is 11.4. The second kappa shape index (κ2) is 8.78. The number of benzene rings is 1. The van der Waals surface area contributed by atoms with Crippen LogP contribution in [0.2, 0.25) is 0 Å². The average Bonchev–Trinajstić information content (AvgIpc) is 3.11. The number of piperidine rings is 1. The average molecular weight is 380 g/mol. The zero-order valence-corrected chi connectivity index (χ0v) is 16.0. The van der Waals surface area contributed by atoms with Crippen molar-refractivity contribution in [3.8, 4) is 0 Å². The Hall–Kier alpha value is -1.44. The van der Waals surface area contributed by atoms with Crippen LogP contribution in [0.4, 0.5) is 5.13 Å². The summed E-state index contributed by atoms with van der Waals surface area (Å²) in [5, 5.41) is 3.11. The first-order chi connectivity index (χ1) is 12.1. The molecule has 0 saturated carbocycles. The highest BCUT2D eigenvalue weighted by Gasteiger charge is 2.15. The van der Waals surface area contributed by atoms with Crippen molar-refractivity contribution in [3.63, 3.8) is 0 Å².